The number of non-ortho nitro benzene ring substituents is 1. The monoisotopic (exact) mass is 335 g/mol. The molecule has 0 aromatic heterocycles. The molecular formula is C13H10BrN3O3. The lowest BCUT2D eigenvalue weighted by atomic mass is 10.2. The summed E-state index contributed by atoms with van der Waals surface area (Å²) in [6.07, 6.45) is 0. The van der Waals surface area contributed by atoms with Crippen molar-refractivity contribution in [1.29, 1.82) is 0 Å². The predicted octanol–water partition coefficient (Wildman–Crippen LogP) is 3.19. The minimum atomic E-state index is -0.521. The number of nitrogens with zero attached hydrogens (tertiary/aromatic N) is 1. The molecule has 20 heavy (non-hydrogen) atoms. The van der Waals surface area contributed by atoms with Gasteiger partial charge in [0.1, 0.15) is 0 Å². The van der Waals surface area contributed by atoms with Crippen LogP contribution in [0.1, 0.15) is 10.4 Å². The van der Waals surface area contributed by atoms with E-state index in [9.17, 15) is 14.9 Å². The topological polar surface area (TPSA) is 98.3 Å². The maximum absolute atomic E-state index is 12.0. The summed E-state index contributed by atoms with van der Waals surface area (Å²) in [5.74, 6) is -0.390. The second-order valence-electron chi connectivity index (χ2n) is 4.03. The third-order valence-electron chi connectivity index (χ3n) is 2.50. The Balaban J connectivity index is 2.23. The number of hydrogen-bond donors (Lipinski definition) is 2. The number of nitrogens with one attached hydrogen (secondary N) is 1. The minimum Gasteiger partial charge on any atom is -0.399 e. The number of nitrogen functional groups attached to an aromatic ring is 1. The fraction of sp³-hybridized carbons (Fsp3) is 0. The van der Waals surface area contributed by atoms with Crippen molar-refractivity contribution in [1.82, 2.24) is 0 Å². The number of carbonyl (C=O) groups excluding carboxylic acids is 1. The van der Waals surface area contributed by atoms with Crippen molar-refractivity contribution >= 4 is 38.9 Å². The molecule has 0 unspecified atom stereocenters. The van der Waals surface area contributed by atoms with Gasteiger partial charge in [0.25, 0.3) is 11.6 Å². The van der Waals surface area contributed by atoms with Crippen LogP contribution in [0.25, 0.3) is 0 Å². The number of benzene rings is 2. The quantitative estimate of drug-likeness (QED) is 0.511. The first kappa shape index (κ1) is 14.0. The Morgan fingerprint density at radius 2 is 2.00 bits per heavy atom. The lowest BCUT2D eigenvalue weighted by Crippen LogP contribution is -2.12. The SMILES string of the molecule is Nc1cc(Br)cc(C(=O)Nc2cccc([N+](=O)[O-])c2)c1. The summed E-state index contributed by atoms with van der Waals surface area (Å²) in [6.45, 7) is 0. The van der Waals surface area contributed by atoms with Crippen LogP contribution in [0.2, 0.25) is 0 Å². The Morgan fingerprint density at radius 3 is 2.65 bits per heavy atom. The first-order valence-electron chi connectivity index (χ1n) is 5.57. The average Bonchev–Trinajstić information content (AvgIpc) is 2.37. The van der Waals surface area contributed by atoms with E-state index in [1.165, 1.54) is 24.3 Å². The van der Waals surface area contributed by atoms with E-state index >= 15 is 0 Å². The van der Waals surface area contributed by atoms with Crippen LogP contribution in [-0.2, 0) is 0 Å². The highest BCUT2D eigenvalue weighted by Gasteiger charge is 2.10. The molecule has 2 rings (SSSR count). The van der Waals surface area contributed by atoms with Crippen LogP contribution in [0, 0.1) is 10.1 Å². The Morgan fingerprint density at radius 1 is 1.25 bits per heavy atom. The highest BCUT2D eigenvalue weighted by molar-refractivity contribution is 9.10. The molecule has 3 N–H and O–H groups in total. The van der Waals surface area contributed by atoms with Crippen LogP contribution in [0.3, 0.4) is 0 Å². The zero-order valence-corrected chi connectivity index (χ0v) is 11.8. The van der Waals surface area contributed by atoms with Crippen LogP contribution >= 0.6 is 15.9 Å². The third-order valence-corrected chi connectivity index (χ3v) is 2.95. The van der Waals surface area contributed by atoms with Gasteiger partial charge in [0, 0.05) is 33.5 Å². The number of anilines is 2. The maximum atomic E-state index is 12.0. The molecule has 2 aromatic rings. The molecule has 0 bridgehead atoms. The number of nitro benzene ring substituents is 1. The van der Waals surface area contributed by atoms with E-state index in [0.717, 1.165) is 0 Å². The first-order valence-corrected chi connectivity index (χ1v) is 6.37. The molecular weight excluding hydrogens is 326 g/mol. The molecule has 0 saturated carbocycles. The van der Waals surface area contributed by atoms with E-state index in [-0.39, 0.29) is 5.69 Å². The van der Waals surface area contributed by atoms with Gasteiger partial charge in [-0.2, -0.15) is 0 Å². The van der Waals surface area contributed by atoms with E-state index in [1.54, 1.807) is 18.2 Å². The Bertz CT molecular complexity index is 668. The van der Waals surface area contributed by atoms with Gasteiger partial charge in [-0.05, 0) is 24.3 Å². The average molecular weight is 336 g/mol. The molecule has 0 radical (unpaired) electrons. The summed E-state index contributed by atoms with van der Waals surface area (Å²) in [6, 6.07) is 10.5. The predicted molar refractivity (Wildman–Crippen MR) is 79.6 cm³/mol. The summed E-state index contributed by atoms with van der Waals surface area (Å²) < 4.78 is 0.682. The van der Waals surface area contributed by atoms with Gasteiger partial charge in [-0.15, -0.1) is 0 Å². The smallest absolute Gasteiger partial charge is 0.271 e. The molecule has 0 aliphatic heterocycles. The van der Waals surface area contributed by atoms with Crippen molar-refractivity contribution in [2.45, 2.75) is 0 Å². The molecule has 1 amide bonds. The van der Waals surface area contributed by atoms with Crippen LogP contribution in [0.4, 0.5) is 17.1 Å². The lowest BCUT2D eigenvalue weighted by Gasteiger charge is -2.06. The summed E-state index contributed by atoms with van der Waals surface area (Å²) in [7, 11) is 0. The minimum absolute atomic E-state index is 0.0865. The standard InChI is InChI=1S/C13H10BrN3O3/c14-9-4-8(5-10(15)6-9)13(18)16-11-2-1-3-12(7-11)17(19)20/h1-7H,15H2,(H,16,18). The van der Waals surface area contributed by atoms with E-state index in [4.69, 9.17) is 5.73 Å². The third kappa shape index (κ3) is 3.33. The zero-order valence-electron chi connectivity index (χ0n) is 10.2. The highest BCUT2D eigenvalue weighted by Crippen LogP contribution is 2.20. The van der Waals surface area contributed by atoms with Gasteiger partial charge in [0.05, 0.1) is 4.92 Å². The van der Waals surface area contributed by atoms with Gasteiger partial charge in [-0.1, -0.05) is 22.0 Å². The second kappa shape index (κ2) is 5.70. The van der Waals surface area contributed by atoms with Crippen molar-refractivity contribution in [2.75, 3.05) is 11.1 Å². The van der Waals surface area contributed by atoms with Gasteiger partial charge < -0.3 is 11.1 Å². The summed E-state index contributed by atoms with van der Waals surface area (Å²) >= 11 is 3.25. The van der Waals surface area contributed by atoms with E-state index in [2.05, 4.69) is 21.2 Å². The Kier molecular flexibility index (Phi) is 3.99. The Hall–Kier alpha value is -2.41. The molecule has 0 heterocycles. The van der Waals surface area contributed by atoms with Gasteiger partial charge in [-0.3, -0.25) is 14.9 Å². The molecule has 0 aliphatic rings. The number of rotatable bonds is 3. The maximum Gasteiger partial charge on any atom is 0.271 e. The molecule has 0 spiro atoms. The first-order chi connectivity index (χ1) is 9.45. The molecule has 0 saturated heterocycles. The molecule has 6 nitrogen and oxygen atoms in total. The fourth-order valence-corrected chi connectivity index (χ4v) is 2.15. The zero-order chi connectivity index (χ0) is 14.7. The number of amides is 1. The number of hydrogen-bond acceptors (Lipinski definition) is 4. The van der Waals surface area contributed by atoms with Crippen molar-refractivity contribution in [3.05, 3.63) is 62.6 Å². The van der Waals surface area contributed by atoms with Crippen molar-refractivity contribution in [2.24, 2.45) is 0 Å². The number of halogens is 1. The summed E-state index contributed by atoms with van der Waals surface area (Å²) in [5.41, 5.74) is 6.73. The van der Waals surface area contributed by atoms with Crippen molar-refractivity contribution in [3.63, 3.8) is 0 Å². The van der Waals surface area contributed by atoms with Gasteiger partial charge in [-0.25, -0.2) is 0 Å². The van der Waals surface area contributed by atoms with E-state index < -0.39 is 10.8 Å². The molecule has 0 fully saturated rings. The number of nitro groups is 1. The van der Waals surface area contributed by atoms with Crippen molar-refractivity contribution in [3.8, 4) is 0 Å². The van der Waals surface area contributed by atoms with Crippen LogP contribution in [0.15, 0.2) is 46.9 Å². The van der Waals surface area contributed by atoms with Crippen molar-refractivity contribution < 1.29 is 9.72 Å². The summed E-state index contributed by atoms with van der Waals surface area (Å²) in [4.78, 5) is 22.2. The Labute approximate surface area is 122 Å². The van der Waals surface area contributed by atoms with E-state index in [0.29, 0.717) is 21.4 Å². The fourth-order valence-electron chi connectivity index (χ4n) is 1.64. The molecule has 0 aliphatic carbocycles. The molecule has 2 aromatic carbocycles. The van der Waals surface area contributed by atoms with E-state index in [1.807, 2.05) is 0 Å². The van der Waals surface area contributed by atoms with Crippen LogP contribution < -0.4 is 11.1 Å². The van der Waals surface area contributed by atoms with Crippen LogP contribution in [-0.4, -0.2) is 10.8 Å². The number of nitrogens with two attached hydrogens (primary N) is 1. The largest absolute Gasteiger partial charge is 0.399 e. The van der Waals surface area contributed by atoms with Gasteiger partial charge in [0.15, 0.2) is 0 Å². The van der Waals surface area contributed by atoms with Crippen LogP contribution in [0.5, 0.6) is 0 Å². The lowest BCUT2D eigenvalue weighted by molar-refractivity contribution is -0.384. The molecule has 7 heteroatoms. The molecule has 102 valence electrons. The normalized spacial score (nSPS) is 10.1. The van der Waals surface area contributed by atoms with Gasteiger partial charge in [0.2, 0.25) is 0 Å². The summed E-state index contributed by atoms with van der Waals surface area (Å²) in [5, 5.41) is 13.3. The number of carbonyl (C=O) groups is 1. The second-order valence-corrected chi connectivity index (χ2v) is 4.95. The van der Waals surface area contributed by atoms with Gasteiger partial charge >= 0.3 is 0 Å². The molecule has 0 atom stereocenters. The highest BCUT2D eigenvalue weighted by atomic mass is 79.9.